The molecule has 1 aromatic rings. The fourth-order valence-electron chi connectivity index (χ4n) is 0.876. The first-order chi connectivity index (χ1) is 7.63. The highest BCUT2D eigenvalue weighted by Gasteiger charge is 2.09. The predicted octanol–water partition coefficient (Wildman–Crippen LogP) is 1.70. The van der Waals surface area contributed by atoms with Gasteiger partial charge in [0, 0.05) is 6.92 Å². The minimum atomic E-state index is -0.536. The molecular weight excluding hydrogens is 228 g/mol. The van der Waals surface area contributed by atoms with Gasteiger partial charge in [-0.1, -0.05) is 17.7 Å². The summed E-state index contributed by atoms with van der Waals surface area (Å²) in [4.78, 5) is 21.6. The van der Waals surface area contributed by atoms with Gasteiger partial charge in [0.05, 0.1) is 12.9 Å². The van der Waals surface area contributed by atoms with Gasteiger partial charge in [-0.05, 0) is 18.1 Å². The molecule has 84 valence electrons. The molecule has 16 heavy (non-hydrogen) atoms. The second-order valence-corrected chi connectivity index (χ2v) is 3.89. The number of carbonyl (C=O) groups excluding carboxylic acids is 2. The molecule has 0 N–H and O–H groups in total. The van der Waals surface area contributed by atoms with Crippen LogP contribution < -0.4 is 0 Å². The molecule has 0 amide bonds. The summed E-state index contributed by atoms with van der Waals surface area (Å²) in [6, 6.07) is 3.08. The van der Waals surface area contributed by atoms with Crippen molar-refractivity contribution in [2.75, 3.05) is 12.9 Å². The van der Waals surface area contributed by atoms with Gasteiger partial charge in [0.1, 0.15) is 0 Å². The Kier molecular flexibility index (Phi) is 4.67. The quantitative estimate of drug-likeness (QED) is 0.579. The van der Waals surface area contributed by atoms with E-state index in [0.29, 0.717) is 11.5 Å². The zero-order valence-electron chi connectivity index (χ0n) is 8.90. The summed E-state index contributed by atoms with van der Waals surface area (Å²) in [5.41, 5.74) is 0. The third kappa shape index (κ3) is 3.83. The molecular formula is C11H10O4S. The molecule has 1 aromatic heterocycles. The Morgan fingerprint density at radius 3 is 2.88 bits per heavy atom. The number of hydrogen-bond acceptors (Lipinski definition) is 5. The molecule has 0 atom stereocenters. The van der Waals surface area contributed by atoms with E-state index in [0.717, 1.165) is 11.8 Å². The minimum absolute atomic E-state index is 0.0176. The third-order valence-electron chi connectivity index (χ3n) is 1.55. The number of thioether (sulfide) groups is 1. The number of esters is 1. The number of ether oxygens (including phenoxy) is 1. The SMILES string of the molecule is COC(=O)c1ccc(C#CCSC(C)=O)o1. The molecule has 0 aliphatic rings. The van der Waals surface area contributed by atoms with Crippen molar-refractivity contribution in [3.05, 3.63) is 23.7 Å². The fourth-order valence-corrected chi connectivity index (χ4v) is 1.22. The van der Waals surface area contributed by atoms with E-state index in [-0.39, 0.29) is 10.9 Å². The highest BCUT2D eigenvalue weighted by molar-refractivity contribution is 8.13. The molecule has 4 nitrogen and oxygen atoms in total. The van der Waals surface area contributed by atoms with Crippen LogP contribution >= 0.6 is 11.8 Å². The number of rotatable bonds is 2. The maximum atomic E-state index is 11.0. The fraction of sp³-hybridized carbons (Fsp3) is 0.273. The molecule has 0 fully saturated rings. The van der Waals surface area contributed by atoms with Crippen LogP contribution in [-0.4, -0.2) is 23.9 Å². The van der Waals surface area contributed by atoms with Crippen molar-refractivity contribution in [3.8, 4) is 11.8 Å². The molecule has 0 saturated carbocycles. The van der Waals surface area contributed by atoms with Crippen molar-refractivity contribution in [2.24, 2.45) is 0 Å². The highest BCUT2D eigenvalue weighted by Crippen LogP contribution is 2.07. The van der Waals surface area contributed by atoms with E-state index in [9.17, 15) is 9.59 Å². The lowest BCUT2D eigenvalue weighted by Gasteiger charge is -1.91. The van der Waals surface area contributed by atoms with Gasteiger partial charge in [-0.3, -0.25) is 4.79 Å². The number of hydrogen-bond donors (Lipinski definition) is 0. The first-order valence-corrected chi connectivity index (χ1v) is 5.42. The first kappa shape index (κ1) is 12.4. The van der Waals surface area contributed by atoms with Crippen LogP contribution in [0.2, 0.25) is 0 Å². The molecule has 0 aliphatic heterocycles. The summed E-state index contributed by atoms with van der Waals surface area (Å²) >= 11 is 1.12. The number of furan rings is 1. The van der Waals surface area contributed by atoms with Crippen molar-refractivity contribution in [1.29, 1.82) is 0 Å². The summed E-state index contributed by atoms with van der Waals surface area (Å²) in [5, 5.41) is 0.0176. The van der Waals surface area contributed by atoms with Crippen LogP contribution in [0.5, 0.6) is 0 Å². The molecule has 0 radical (unpaired) electrons. The van der Waals surface area contributed by atoms with Crippen LogP contribution in [-0.2, 0) is 9.53 Å². The van der Waals surface area contributed by atoms with E-state index in [1.807, 2.05) is 0 Å². The Morgan fingerprint density at radius 1 is 1.50 bits per heavy atom. The smallest absolute Gasteiger partial charge is 0.374 e. The zero-order chi connectivity index (χ0) is 12.0. The van der Waals surface area contributed by atoms with Gasteiger partial charge in [-0.2, -0.15) is 0 Å². The summed E-state index contributed by atoms with van der Waals surface area (Å²) in [6.45, 7) is 1.48. The predicted molar refractivity (Wildman–Crippen MR) is 60.1 cm³/mol. The van der Waals surface area contributed by atoms with Gasteiger partial charge < -0.3 is 9.15 Å². The van der Waals surface area contributed by atoms with Crippen LogP contribution in [0.15, 0.2) is 16.5 Å². The van der Waals surface area contributed by atoms with Crippen LogP contribution in [0.25, 0.3) is 0 Å². The summed E-state index contributed by atoms with van der Waals surface area (Å²) < 4.78 is 9.58. The summed E-state index contributed by atoms with van der Waals surface area (Å²) in [7, 11) is 1.28. The largest absolute Gasteiger partial charge is 0.463 e. The van der Waals surface area contributed by atoms with Crippen LogP contribution in [0, 0.1) is 11.8 Å². The topological polar surface area (TPSA) is 56.5 Å². The third-order valence-corrected chi connectivity index (χ3v) is 2.25. The van der Waals surface area contributed by atoms with E-state index in [4.69, 9.17) is 4.42 Å². The molecule has 5 heteroatoms. The molecule has 0 aromatic carbocycles. The molecule has 0 spiro atoms. The van der Waals surface area contributed by atoms with Gasteiger partial charge in [0.15, 0.2) is 10.9 Å². The zero-order valence-corrected chi connectivity index (χ0v) is 9.72. The van der Waals surface area contributed by atoms with Crippen molar-refractivity contribution in [2.45, 2.75) is 6.92 Å². The molecule has 0 bridgehead atoms. The number of methoxy groups -OCH3 is 1. The van der Waals surface area contributed by atoms with Gasteiger partial charge in [-0.15, -0.1) is 0 Å². The average molecular weight is 238 g/mol. The Labute approximate surface area is 97.3 Å². The van der Waals surface area contributed by atoms with E-state index >= 15 is 0 Å². The van der Waals surface area contributed by atoms with E-state index in [2.05, 4.69) is 16.6 Å². The van der Waals surface area contributed by atoms with Crippen LogP contribution in [0.3, 0.4) is 0 Å². The van der Waals surface area contributed by atoms with Gasteiger partial charge in [0.25, 0.3) is 0 Å². The van der Waals surface area contributed by atoms with Gasteiger partial charge >= 0.3 is 5.97 Å². The average Bonchev–Trinajstić information content (AvgIpc) is 2.71. The van der Waals surface area contributed by atoms with Crippen molar-refractivity contribution >= 4 is 22.8 Å². The Balaban J connectivity index is 2.58. The lowest BCUT2D eigenvalue weighted by molar-refractivity contribution is -0.109. The number of carbonyl (C=O) groups is 2. The maximum absolute atomic E-state index is 11.0. The monoisotopic (exact) mass is 238 g/mol. The Hall–Kier alpha value is -1.67. The molecule has 0 aliphatic carbocycles. The molecule has 0 unspecified atom stereocenters. The van der Waals surface area contributed by atoms with Crippen molar-refractivity contribution in [1.82, 2.24) is 0 Å². The second kappa shape index (κ2) is 6.03. The molecule has 0 saturated heterocycles. The van der Waals surface area contributed by atoms with Crippen LogP contribution in [0.4, 0.5) is 0 Å². The molecule has 1 rings (SSSR count). The summed E-state index contributed by atoms with van der Waals surface area (Å²) in [6.07, 6.45) is 0. The summed E-state index contributed by atoms with van der Waals surface area (Å²) in [5.74, 6) is 5.82. The van der Waals surface area contributed by atoms with E-state index in [1.165, 1.54) is 20.1 Å². The van der Waals surface area contributed by atoms with Crippen molar-refractivity contribution in [3.63, 3.8) is 0 Å². The second-order valence-electron chi connectivity index (χ2n) is 2.74. The standard InChI is InChI=1S/C11H10O4S/c1-8(12)16-7-3-4-9-5-6-10(15-9)11(13)14-2/h5-6H,7H2,1-2H3. The van der Waals surface area contributed by atoms with Gasteiger partial charge in [-0.25, -0.2) is 4.79 Å². The van der Waals surface area contributed by atoms with Crippen molar-refractivity contribution < 1.29 is 18.7 Å². The minimum Gasteiger partial charge on any atom is -0.463 e. The van der Waals surface area contributed by atoms with E-state index in [1.54, 1.807) is 6.07 Å². The first-order valence-electron chi connectivity index (χ1n) is 4.44. The van der Waals surface area contributed by atoms with Gasteiger partial charge in [0.2, 0.25) is 5.76 Å². The lowest BCUT2D eigenvalue weighted by atomic mass is 10.4. The van der Waals surface area contributed by atoms with Crippen LogP contribution in [0.1, 0.15) is 23.2 Å². The highest BCUT2D eigenvalue weighted by atomic mass is 32.2. The maximum Gasteiger partial charge on any atom is 0.374 e. The normalized spacial score (nSPS) is 9.12. The van der Waals surface area contributed by atoms with E-state index < -0.39 is 5.97 Å². The lowest BCUT2D eigenvalue weighted by Crippen LogP contribution is -1.98. The Bertz CT molecular complexity index is 450. The molecule has 1 heterocycles. The Morgan fingerprint density at radius 2 is 2.25 bits per heavy atom.